The van der Waals surface area contributed by atoms with Crippen molar-refractivity contribution in [2.24, 2.45) is 5.92 Å². The SMILES string of the molecule is CCCNC(=O)C1CCCN(C(=O)CSCc2cccc(Cl)c2)C1. The molecule has 0 bridgehead atoms. The van der Waals surface area contributed by atoms with E-state index in [2.05, 4.69) is 5.32 Å². The van der Waals surface area contributed by atoms with Crippen LogP contribution in [0.5, 0.6) is 0 Å². The number of piperidine rings is 1. The number of nitrogens with zero attached hydrogens (tertiary/aromatic N) is 1. The molecule has 0 aliphatic carbocycles. The van der Waals surface area contributed by atoms with Crippen LogP contribution in [-0.2, 0) is 15.3 Å². The Hall–Kier alpha value is -1.20. The Kier molecular flexibility index (Phi) is 7.92. The lowest BCUT2D eigenvalue weighted by Gasteiger charge is -2.32. The minimum Gasteiger partial charge on any atom is -0.356 e. The summed E-state index contributed by atoms with van der Waals surface area (Å²) in [6.45, 7) is 4.05. The molecule has 1 aliphatic heterocycles. The van der Waals surface area contributed by atoms with Gasteiger partial charge >= 0.3 is 0 Å². The largest absolute Gasteiger partial charge is 0.356 e. The van der Waals surface area contributed by atoms with Gasteiger partial charge in [0.1, 0.15) is 0 Å². The molecule has 0 aromatic heterocycles. The molecule has 1 fully saturated rings. The van der Waals surface area contributed by atoms with E-state index in [1.807, 2.05) is 36.1 Å². The van der Waals surface area contributed by atoms with E-state index in [4.69, 9.17) is 11.6 Å². The van der Waals surface area contributed by atoms with E-state index >= 15 is 0 Å². The number of nitrogens with one attached hydrogen (secondary N) is 1. The van der Waals surface area contributed by atoms with Crippen molar-refractivity contribution in [3.8, 4) is 0 Å². The first-order valence-electron chi connectivity index (χ1n) is 8.47. The highest BCUT2D eigenvalue weighted by Gasteiger charge is 2.27. The second kappa shape index (κ2) is 9.94. The van der Waals surface area contributed by atoms with E-state index in [1.54, 1.807) is 11.8 Å². The summed E-state index contributed by atoms with van der Waals surface area (Å²) < 4.78 is 0. The summed E-state index contributed by atoms with van der Waals surface area (Å²) in [5, 5.41) is 3.66. The number of benzene rings is 1. The zero-order valence-corrected chi connectivity index (χ0v) is 15.7. The number of halogens is 1. The van der Waals surface area contributed by atoms with Crippen LogP contribution in [0.4, 0.5) is 0 Å². The molecule has 4 nitrogen and oxygen atoms in total. The smallest absolute Gasteiger partial charge is 0.232 e. The monoisotopic (exact) mass is 368 g/mol. The van der Waals surface area contributed by atoms with Crippen molar-refractivity contribution in [1.29, 1.82) is 0 Å². The molecule has 0 spiro atoms. The summed E-state index contributed by atoms with van der Waals surface area (Å²) >= 11 is 7.56. The minimum absolute atomic E-state index is 0.0628. The van der Waals surface area contributed by atoms with E-state index < -0.39 is 0 Å². The molecule has 1 heterocycles. The summed E-state index contributed by atoms with van der Waals surface area (Å²) in [6, 6.07) is 7.70. The maximum Gasteiger partial charge on any atom is 0.232 e. The standard InChI is InChI=1S/C18H25ClN2O2S/c1-2-8-20-18(23)15-6-4-9-21(11-15)17(22)13-24-12-14-5-3-7-16(19)10-14/h3,5,7,10,15H,2,4,6,8-9,11-13H2,1H3,(H,20,23). The number of carbonyl (C=O) groups excluding carboxylic acids is 2. The first-order chi connectivity index (χ1) is 11.6. The van der Waals surface area contributed by atoms with E-state index in [0.717, 1.165) is 42.1 Å². The lowest BCUT2D eigenvalue weighted by Crippen LogP contribution is -2.46. The number of thioether (sulfide) groups is 1. The fourth-order valence-electron chi connectivity index (χ4n) is 2.78. The molecule has 0 radical (unpaired) electrons. The lowest BCUT2D eigenvalue weighted by molar-refractivity contribution is -0.133. The molecule has 132 valence electrons. The van der Waals surface area contributed by atoms with Crippen LogP contribution >= 0.6 is 23.4 Å². The van der Waals surface area contributed by atoms with Crippen molar-refractivity contribution in [2.45, 2.75) is 31.9 Å². The van der Waals surface area contributed by atoms with Crippen LogP contribution in [0, 0.1) is 5.92 Å². The number of hydrogen-bond donors (Lipinski definition) is 1. The van der Waals surface area contributed by atoms with Crippen LogP contribution in [0.25, 0.3) is 0 Å². The average molecular weight is 369 g/mol. The van der Waals surface area contributed by atoms with Gasteiger partial charge in [-0.15, -0.1) is 11.8 Å². The second-order valence-corrected chi connectivity index (χ2v) is 7.51. The number of amides is 2. The first kappa shape index (κ1) is 19.1. The van der Waals surface area contributed by atoms with Crippen LogP contribution in [-0.4, -0.2) is 42.1 Å². The van der Waals surface area contributed by atoms with E-state index in [9.17, 15) is 9.59 Å². The van der Waals surface area contributed by atoms with Gasteiger partial charge < -0.3 is 10.2 Å². The molecule has 1 aromatic carbocycles. The van der Waals surface area contributed by atoms with Gasteiger partial charge in [0, 0.05) is 30.4 Å². The van der Waals surface area contributed by atoms with E-state index in [0.29, 0.717) is 18.8 Å². The summed E-state index contributed by atoms with van der Waals surface area (Å²) in [4.78, 5) is 26.3. The molecule has 0 saturated carbocycles. The van der Waals surface area contributed by atoms with Gasteiger partial charge in [0.05, 0.1) is 11.7 Å². The van der Waals surface area contributed by atoms with Crippen LogP contribution in [0.1, 0.15) is 31.7 Å². The van der Waals surface area contributed by atoms with Gasteiger partial charge in [-0.05, 0) is 37.0 Å². The fraction of sp³-hybridized carbons (Fsp3) is 0.556. The Morgan fingerprint density at radius 2 is 2.25 bits per heavy atom. The van der Waals surface area contributed by atoms with Gasteiger partial charge in [0.25, 0.3) is 0 Å². The van der Waals surface area contributed by atoms with E-state index in [-0.39, 0.29) is 17.7 Å². The van der Waals surface area contributed by atoms with Gasteiger partial charge in [-0.1, -0.05) is 30.7 Å². The molecule has 1 aromatic rings. The summed E-state index contributed by atoms with van der Waals surface area (Å²) in [5.41, 5.74) is 1.12. The molecule has 1 atom stereocenters. The van der Waals surface area contributed by atoms with Gasteiger partial charge in [-0.25, -0.2) is 0 Å². The van der Waals surface area contributed by atoms with Crippen molar-refractivity contribution in [3.63, 3.8) is 0 Å². The maximum absolute atomic E-state index is 12.4. The van der Waals surface area contributed by atoms with Crippen molar-refractivity contribution < 1.29 is 9.59 Å². The lowest BCUT2D eigenvalue weighted by atomic mass is 9.97. The molecule has 1 N–H and O–H groups in total. The zero-order chi connectivity index (χ0) is 17.4. The molecule has 6 heteroatoms. The Balaban J connectivity index is 1.76. The third kappa shape index (κ3) is 6.02. The quantitative estimate of drug-likeness (QED) is 0.803. The van der Waals surface area contributed by atoms with E-state index in [1.165, 1.54) is 0 Å². The average Bonchev–Trinajstić information content (AvgIpc) is 2.59. The molecule has 1 saturated heterocycles. The summed E-state index contributed by atoms with van der Waals surface area (Å²) in [6.07, 6.45) is 2.70. The third-order valence-corrected chi connectivity index (χ3v) is 5.30. The summed E-state index contributed by atoms with van der Waals surface area (Å²) in [5.74, 6) is 1.35. The zero-order valence-electron chi connectivity index (χ0n) is 14.1. The highest BCUT2D eigenvalue weighted by Crippen LogP contribution is 2.20. The number of rotatable bonds is 7. The van der Waals surface area contributed by atoms with Gasteiger partial charge in [-0.2, -0.15) is 0 Å². The molecular weight excluding hydrogens is 344 g/mol. The topological polar surface area (TPSA) is 49.4 Å². The predicted molar refractivity (Wildman–Crippen MR) is 100 cm³/mol. The Bertz CT molecular complexity index is 568. The highest BCUT2D eigenvalue weighted by molar-refractivity contribution is 7.99. The number of likely N-dealkylation sites (tertiary alicyclic amines) is 1. The van der Waals surface area contributed by atoms with Crippen LogP contribution in [0.3, 0.4) is 0 Å². The van der Waals surface area contributed by atoms with Crippen molar-refractivity contribution >= 4 is 35.2 Å². The maximum atomic E-state index is 12.4. The number of hydrogen-bond acceptors (Lipinski definition) is 3. The van der Waals surface area contributed by atoms with Crippen molar-refractivity contribution in [1.82, 2.24) is 10.2 Å². The highest BCUT2D eigenvalue weighted by atomic mass is 35.5. The Labute approximate surface area is 153 Å². The fourth-order valence-corrected chi connectivity index (χ4v) is 3.87. The molecular formula is C18H25ClN2O2S. The molecule has 1 aliphatic rings. The first-order valence-corrected chi connectivity index (χ1v) is 10.0. The molecule has 1 unspecified atom stereocenters. The molecule has 2 rings (SSSR count). The van der Waals surface area contributed by atoms with Crippen LogP contribution in [0.15, 0.2) is 24.3 Å². The Morgan fingerprint density at radius 3 is 3.00 bits per heavy atom. The molecule has 24 heavy (non-hydrogen) atoms. The van der Waals surface area contributed by atoms with Crippen LogP contribution in [0.2, 0.25) is 5.02 Å². The minimum atomic E-state index is -0.0628. The van der Waals surface area contributed by atoms with Crippen LogP contribution < -0.4 is 5.32 Å². The molecule has 2 amide bonds. The Morgan fingerprint density at radius 1 is 1.42 bits per heavy atom. The van der Waals surface area contributed by atoms with Gasteiger partial charge in [0.2, 0.25) is 11.8 Å². The second-order valence-electron chi connectivity index (χ2n) is 6.09. The van der Waals surface area contributed by atoms with Crippen molar-refractivity contribution in [2.75, 3.05) is 25.4 Å². The predicted octanol–water partition coefficient (Wildman–Crippen LogP) is 3.34. The number of carbonyl (C=O) groups is 2. The normalized spacial score (nSPS) is 17.6. The third-order valence-electron chi connectivity index (χ3n) is 4.08. The van der Waals surface area contributed by atoms with Gasteiger partial charge in [-0.3, -0.25) is 9.59 Å². The van der Waals surface area contributed by atoms with Gasteiger partial charge in [0.15, 0.2) is 0 Å². The summed E-state index contributed by atoms with van der Waals surface area (Å²) in [7, 11) is 0. The van der Waals surface area contributed by atoms with Crippen molar-refractivity contribution in [3.05, 3.63) is 34.9 Å².